The van der Waals surface area contributed by atoms with Crippen molar-refractivity contribution < 1.29 is 19.2 Å². The standard InChI is InChI=1S/C15H10N2O5S/c1-21-12-5-4-9(8-11(12)17(19)20)7-10-15(18)22-14(16-10)13-3-2-6-23-13/h2-8H,1H3. The average molecular weight is 330 g/mol. The third-order valence-corrected chi connectivity index (χ3v) is 3.91. The van der Waals surface area contributed by atoms with Gasteiger partial charge >= 0.3 is 11.7 Å². The van der Waals surface area contributed by atoms with Gasteiger partial charge < -0.3 is 9.47 Å². The first-order valence-electron chi connectivity index (χ1n) is 6.47. The fourth-order valence-corrected chi connectivity index (χ4v) is 2.66. The minimum absolute atomic E-state index is 0.0906. The average Bonchev–Trinajstić information content (AvgIpc) is 3.17. The van der Waals surface area contributed by atoms with Crippen LogP contribution in [0.1, 0.15) is 10.4 Å². The quantitative estimate of drug-likeness (QED) is 0.372. The molecule has 2 aromatic rings. The normalized spacial score (nSPS) is 15.4. The zero-order valence-corrected chi connectivity index (χ0v) is 12.7. The summed E-state index contributed by atoms with van der Waals surface area (Å²) < 4.78 is 10.0. The Morgan fingerprint density at radius 1 is 1.39 bits per heavy atom. The minimum Gasteiger partial charge on any atom is -0.490 e. The molecule has 0 saturated heterocycles. The lowest BCUT2D eigenvalue weighted by atomic mass is 10.1. The Morgan fingerprint density at radius 3 is 2.87 bits per heavy atom. The van der Waals surface area contributed by atoms with E-state index in [4.69, 9.17) is 9.47 Å². The van der Waals surface area contributed by atoms with Gasteiger partial charge in [-0.25, -0.2) is 9.79 Å². The zero-order valence-electron chi connectivity index (χ0n) is 11.9. The second-order valence-corrected chi connectivity index (χ2v) is 5.45. The third kappa shape index (κ3) is 2.97. The van der Waals surface area contributed by atoms with E-state index in [1.165, 1.54) is 36.7 Å². The maximum Gasteiger partial charge on any atom is 0.363 e. The van der Waals surface area contributed by atoms with Gasteiger partial charge in [0.05, 0.1) is 16.9 Å². The predicted octanol–water partition coefficient (Wildman–Crippen LogP) is 3.01. The van der Waals surface area contributed by atoms with Crippen LogP contribution >= 0.6 is 11.3 Å². The zero-order chi connectivity index (χ0) is 16.4. The molecule has 1 aliphatic rings. The summed E-state index contributed by atoms with van der Waals surface area (Å²) in [6.07, 6.45) is 1.44. The summed E-state index contributed by atoms with van der Waals surface area (Å²) in [6.45, 7) is 0. The van der Waals surface area contributed by atoms with Crippen LogP contribution in [-0.4, -0.2) is 23.9 Å². The molecule has 0 aliphatic carbocycles. The van der Waals surface area contributed by atoms with Gasteiger partial charge in [-0.3, -0.25) is 10.1 Å². The van der Waals surface area contributed by atoms with E-state index >= 15 is 0 Å². The van der Waals surface area contributed by atoms with Crippen molar-refractivity contribution in [1.29, 1.82) is 0 Å². The molecule has 23 heavy (non-hydrogen) atoms. The lowest BCUT2D eigenvalue weighted by Gasteiger charge is -2.02. The highest BCUT2D eigenvalue weighted by Crippen LogP contribution is 2.29. The number of carbonyl (C=O) groups excluding carboxylic acids is 1. The predicted molar refractivity (Wildman–Crippen MR) is 84.6 cm³/mol. The number of hydrogen-bond donors (Lipinski definition) is 0. The maximum atomic E-state index is 11.9. The van der Waals surface area contributed by atoms with Crippen LogP contribution in [0.2, 0.25) is 0 Å². The van der Waals surface area contributed by atoms with Gasteiger partial charge in [-0.1, -0.05) is 12.1 Å². The van der Waals surface area contributed by atoms with Gasteiger partial charge in [0, 0.05) is 6.07 Å². The summed E-state index contributed by atoms with van der Waals surface area (Å²) in [7, 11) is 1.35. The monoisotopic (exact) mass is 330 g/mol. The largest absolute Gasteiger partial charge is 0.490 e. The molecule has 1 aliphatic heterocycles. The number of cyclic esters (lactones) is 1. The molecule has 1 aromatic heterocycles. The summed E-state index contributed by atoms with van der Waals surface area (Å²) in [5.74, 6) is -0.208. The highest BCUT2D eigenvalue weighted by Gasteiger charge is 2.25. The number of nitrogens with zero attached hydrogens (tertiary/aromatic N) is 2. The van der Waals surface area contributed by atoms with Crippen molar-refractivity contribution in [1.82, 2.24) is 0 Å². The van der Waals surface area contributed by atoms with Gasteiger partial charge in [-0.15, -0.1) is 11.3 Å². The van der Waals surface area contributed by atoms with Gasteiger partial charge in [-0.05, 0) is 29.2 Å². The first-order chi connectivity index (χ1) is 11.1. The topological polar surface area (TPSA) is 91.0 Å². The molecule has 0 unspecified atom stereocenters. The van der Waals surface area contributed by atoms with Crippen LogP contribution < -0.4 is 4.74 Å². The van der Waals surface area contributed by atoms with E-state index in [1.54, 1.807) is 12.1 Å². The second-order valence-electron chi connectivity index (χ2n) is 4.50. The number of esters is 1. The van der Waals surface area contributed by atoms with Crippen molar-refractivity contribution in [3.05, 3.63) is 62.0 Å². The lowest BCUT2D eigenvalue weighted by molar-refractivity contribution is -0.385. The van der Waals surface area contributed by atoms with Crippen molar-refractivity contribution in [3.63, 3.8) is 0 Å². The van der Waals surface area contributed by atoms with Crippen LogP contribution in [0.25, 0.3) is 6.08 Å². The summed E-state index contributed by atoms with van der Waals surface area (Å²) in [5.41, 5.74) is 0.365. The SMILES string of the molecule is COc1ccc(C=C2N=C(c3cccs3)OC2=O)cc1[N+](=O)[O-]. The fraction of sp³-hybridized carbons (Fsp3) is 0.0667. The molecular weight excluding hydrogens is 320 g/mol. The number of benzene rings is 1. The van der Waals surface area contributed by atoms with Crippen LogP contribution in [0.15, 0.2) is 46.4 Å². The van der Waals surface area contributed by atoms with Crippen molar-refractivity contribution in [2.75, 3.05) is 7.11 Å². The van der Waals surface area contributed by atoms with Crippen molar-refractivity contribution in [3.8, 4) is 5.75 Å². The number of carbonyl (C=O) groups is 1. The molecule has 0 saturated carbocycles. The highest BCUT2D eigenvalue weighted by molar-refractivity contribution is 7.12. The van der Waals surface area contributed by atoms with Crippen LogP contribution in [0, 0.1) is 10.1 Å². The molecule has 0 spiro atoms. The Hall–Kier alpha value is -3.00. The molecule has 0 amide bonds. The molecule has 1 aromatic carbocycles. The van der Waals surface area contributed by atoms with Crippen LogP contribution in [-0.2, 0) is 9.53 Å². The van der Waals surface area contributed by atoms with Gasteiger partial charge in [0.1, 0.15) is 0 Å². The summed E-state index contributed by atoms with van der Waals surface area (Å²) >= 11 is 1.40. The van der Waals surface area contributed by atoms with E-state index in [2.05, 4.69) is 4.99 Å². The van der Waals surface area contributed by atoms with E-state index in [0.717, 1.165) is 4.88 Å². The lowest BCUT2D eigenvalue weighted by Crippen LogP contribution is -2.03. The van der Waals surface area contributed by atoms with Crippen molar-refractivity contribution >= 4 is 35.0 Å². The van der Waals surface area contributed by atoms with Crippen LogP contribution in [0.5, 0.6) is 5.75 Å². The first-order valence-corrected chi connectivity index (χ1v) is 7.35. The summed E-state index contributed by atoms with van der Waals surface area (Å²) in [4.78, 5) is 27.2. The van der Waals surface area contributed by atoms with Crippen LogP contribution in [0.4, 0.5) is 5.69 Å². The van der Waals surface area contributed by atoms with Gasteiger partial charge in [0.25, 0.3) is 0 Å². The number of methoxy groups -OCH3 is 1. The molecule has 0 radical (unpaired) electrons. The number of rotatable bonds is 4. The van der Waals surface area contributed by atoms with Gasteiger partial charge in [0.2, 0.25) is 5.90 Å². The molecule has 8 heteroatoms. The Kier molecular flexibility index (Phi) is 3.90. The maximum absolute atomic E-state index is 11.9. The molecule has 0 fully saturated rings. The van der Waals surface area contributed by atoms with Crippen molar-refractivity contribution in [2.45, 2.75) is 0 Å². The number of aliphatic imine (C=N–C) groups is 1. The molecule has 0 N–H and O–H groups in total. The van der Waals surface area contributed by atoms with E-state index in [0.29, 0.717) is 5.56 Å². The number of nitro benzene ring substituents is 1. The molecule has 0 atom stereocenters. The Bertz CT molecular complexity index is 840. The van der Waals surface area contributed by atoms with E-state index in [1.807, 2.05) is 11.4 Å². The number of ether oxygens (including phenoxy) is 2. The Balaban J connectivity index is 1.97. The van der Waals surface area contributed by atoms with Gasteiger partial charge in [0.15, 0.2) is 11.4 Å². The van der Waals surface area contributed by atoms with Gasteiger partial charge in [-0.2, -0.15) is 0 Å². The van der Waals surface area contributed by atoms with Crippen LogP contribution in [0.3, 0.4) is 0 Å². The number of thiophene rings is 1. The number of nitro groups is 1. The van der Waals surface area contributed by atoms with E-state index in [-0.39, 0.29) is 23.0 Å². The Morgan fingerprint density at radius 2 is 2.22 bits per heavy atom. The fourth-order valence-electron chi connectivity index (χ4n) is 2.01. The molecule has 2 heterocycles. The molecule has 3 rings (SSSR count). The first kappa shape index (κ1) is 14.9. The minimum atomic E-state index is -0.591. The third-order valence-electron chi connectivity index (χ3n) is 3.06. The second kappa shape index (κ2) is 6.01. The number of hydrogen-bond acceptors (Lipinski definition) is 7. The molecule has 7 nitrogen and oxygen atoms in total. The summed E-state index contributed by atoms with van der Waals surface area (Å²) in [6, 6.07) is 8.00. The molecule has 0 bridgehead atoms. The van der Waals surface area contributed by atoms with Crippen molar-refractivity contribution in [2.24, 2.45) is 4.99 Å². The van der Waals surface area contributed by atoms with E-state index < -0.39 is 10.9 Å². The highest BCUT2D eigenvalue weighted by atomic mass is 32.1. The summed E-state index contributed by atoms with van der Waals surface area (Å²) in [5, 5.41) is 12.9. The Labute approximate surface area is 134 Å². The smallest absolute Gasteiger partial charge is 0.363 e. The molecular formula is C15H10N2O5S. The van der Waals surface area contributed by atoms with E-state index in [9.17, 15) is 14.9 Å². The molecule has 116 valence electrons.